The second kappa shape index (κ2) is 4.40. The van der Waals surface area contributed by atoms with Crippen molar-refractivity contribution in [2.75, 3.05) is 0 Å². The third-order valence-electron chi connectivity index (χ3n) is 2.43. The third-order valence-corrected chi connectivity index (χ3v) is 2.43. The van der Waals surface area contributed by atoms with Gasteiger partial charge in [0.15, 0.2) is 5.60 Å². The van der Waals surface area contributed by atoms with E-state index in [1.54, 1.807) is 18.3 Å². The summed E-state index contributed by atoms with van der Waals surface area (Å²) in [5.74, 6) is 0.257. The maximum atomic E-state index is 10.6. The molecule has 0 aromatic carbocycles. The lowest BCUT2D eigenvalue weighted by Crippen LogP contribution is -2.29. The second-order valence-electron chi connectivity index (χ2n) is 3.58. The number of hydrogen-bond donors (Lipinski definition) is 1. The van der Waals surface area contributed by atoms with Gasteiger partial charge in [-0.1, -0.05) is 24.6 Å². The van der Waals surface area contributed by atoms with Gasteiger partial charge in [-0.3, -0.25) is 4.98 Å². The fourth-order valence-corrected chi connectivity index (χ4v) is 1.68. The Bertz CT molecular complexity index is 430. The summed E-state index contributed by atoms with van der Waals surface area (Å²) in [7, 11) is 0. The Hall–Kier alpha value is -1.75. The highest BCUT2D eigenvalue weighted by molar-refractivity contribution is 5.21. The van der Waals surface area contributed by atoms with Crippen molar-refractivity contribution in [2.45, 2.75) is 25.4 Å². The molecule has 5 heteroatoms. The van der Waals surface area contributed by atoms with Crippen LogP contribution < -0.4 is 0 Å². The Balaban J connectivity index is 2.44. The summed E-state index contributed by atoms with van der Waals surface area (Å²) in [5, 5.41) is 14.3. The van der Waals surface area contributed by atoms with E-state index in [4.69, 9.17) is 0 Å². The molecule has 0 saturated carbocycles. The van der Waals surface area contributed by atoms with Gasteiger partial charge in [-0.2, -0.15) is 4.98 Å². The monoisotopic (exact) mass is 219 g/mol. The van der Waals surface area contributed by atoms with Gasteiger partial charge in [0.25, 0.3) is 0 Å². The lowest BCUT2D eigenvalue weighted by atomic mass is 9.93. The first-order valence-electron chi connectivity index (χ1n) is 5.18. The Morgan fingerprint density at radius 1 is 1.38 bits per heavy atom. The quantitative estimate of drug-likeness (QED) is 0.843. The van der Waals surface area contributed by atoms with E-state index in [2.05, 4.69) is 19.6 Å². The molecule has 0 fully saturated rings. The topological polar surface area (TPSA) is 72.0 Å². The highest BCUT2D eigenvalue weighted by Gasteiger charge is 2.36. The predicted octanol–water partition coefficient (Wildman–Crippen LogP) is 1.50. The molecule has 0 spiro atoms. The molecule has 2 aromatic rings. The van der Waals surface area contributed by atoms with Gasteiger partial charge in [0.05, 0.1) is 5.69 Å². The fraction of sp³-hybridized carbons (Fsp3) is 0.364. The molecule has 1 unspecified atom stereocenters. The van der Waals surface area contributed by atoms with E-state index in [0.717, 1.165) is 6.42 Å². The Kier molecular flexibility index (Phi) is 2.96. The van der Waals surface area contributed by atoms with Crippen LogP contribution >= 0.6 is 0 Å². The van der Waals surface area contributed by atoms with E-state index in [0.29, 0.717) is 12.1 Å². The molecule has 84 valence electrons. The standard InChI is InChI=1S/C11H13N3O2/c1-2-6-11(15,10-13-8-16-14-10)9-5-3-4-7-12-9/h3-5,7-8,15H,2,6H2,1H3. The molecule has 2 aromatic heterocycles. The molecule has 0 aliphatic rings. The molecular weight excluding hydrogens is 206 g/mol. The summed E-state index contributed by atoms with van der Waals surface area (Å²) in [6, 6.07) is 5.38. The lowest BCUT2D eigenvalue weighted by molar-refractivity contribution is 0.0538. The largest absolute Gasteiger partial charge is 0.375 e. The minimum atomic E-state index is -1.26. The van der Waals surface area contributed by atoms with Crippen LogP contribution in [0.2, 0.25) is 0 Å². The molecule has 0 aliphatic heterocycles. The van der Waals surface area contributed by atoms with Crippen molar-refractivity contribution in [2.24, 2.45) is 0 Å². The average Bonchev–Trinajstić information content (AvgIpc) is 2.84. The minimum absolute atomic E-state index is 0.257. The first kappa shape index (κ1) is 10.8. The van der Waals surface area contributed by atoms with Crippen molar-refractivity contribution in [1.82, 2.24) is 15.1 Å². The first-order chi connectivity index (χ1) is 7.77. The smallest absolute Gasteiger partial charge is 0.213 e. The molecule has 0 saturated heterocycles. The van der Waals surface area contributed by atoms with Crippen LogP contribution in [0.1, 0.15) is 31.3 Å². The SMILES string of the molecule is CCCC(O)(c1ccccn1)c1ncon1. The summed E-state index contributed by atoms with van der Waals surface area (Å²) < 4.78 is 4.68. The fourth-order valence-electron chi connectivity index (χ4n) is 1.68. The normalized spacial score (nSPS) is 14.6. The van der Waals surface area contributed by atoms with E-state index in [1.807, 2.05) is 13.0 Å². The Morgan fingerprint density at radius 3 is 2.81 bits per heavy atom. The lowest BCUT2D eigenvalue weighted by Gasteiger charge is -2.23. The number of rotatable bonds is 4. The minimum Gasteiger partial charge on any atom is -0.375 e. The number of hydrogen-bond acceptors (Lipinski definition) is 5. The summed E-state index contributed by atoms with van der Waals surface area (Å²) >= 11 is 0. The van der Waals surface area contributed by atoms with Crippen molar-refractivity contribution in [3.05, 3.63) is 42.3 Å². The summed E-state index contributed by atoms with van der Waals surface area (Å²) in [5.41, 5.74) is -0.721. The van der Waals surface area contributed by atoms with Gasteiger partial charge in [0.2, 0.25) is 12.2 Å². The maximum absolute atomic E-state index is 10.6. The van der Waals surface area contributed by atoms with Crippen LogP contribution in [0, 0.1) is 0 Å². The van der Waals surface area contributed by atoms with Crippen LogP contribution in [0.4, 0.5) is 0 Å². The zero-order chi connectivity index (χ0) is 11.4. The molecule has 5 nitrogen and oxygen atoms in total. The molecule has 2 heterocycles. The van der Waals surface area contributed by atoms with Crippen molar-refractivity contribution in [1.29, 1.82) is 0 Å². The van der Waals surface area contributed by atoms with Gasteiger partial charge in [-0.05, 0) is 18.6 Å². The van der Waals surface area contributed by atoms with E-state index >= 15 is 0 Å². The van der Waals surface area contributed by atoms with Gasteiger partial charge < -0.3 is 9.63 Å². The zero-order valence-corrected chi connectivity index (χ0v) is 9.00. The number of aromatic nitrogens is 3. The second-order valence-corrected chi connectivity index (χ2v) is 3.58. The van der Waals surface area contributed by atoms with Gasteiger partial charge in [-0.15, -0.1) is 0 Å². The molecule has 0 bridgehead atoms. The Morgan fingerprint density at radius 2 is 2.25 bits per heavy atom. The number of aliphatic hydroxyl groups is 1. The average molecular weight is 219 g/mol. The van der Waals surface area contributed by atoms with Crippen LogP contribution in [0.3, 0.4) is 0 Å². The maximum Gasteiger partial charge on any atom is 0.213 e. The van der Waals surface area contributed by atoms with Crippen molar-refractivity contribution >= 4 is 0 Å². The highest BCUT2D eigenvalue weighted by Crippen LogP contribution is 2.29. The predicted molar refractivity (Wildman–Crippen MR) is 56.4 cm³/mol. The van der Waals surface area contributed by atoms with Gasteiger partial charge in [-0.25, -0.2) is 0 Å². The zero-order valence-electron chi connectivity index (χ0n) is 9.00. The van der Waals surface area contributed by atoms with Crippen LogP contribution in [-0.2, 0) is 5.60 Å². The molecule has 1 N–H and O–H groups in total. The summed E-state index contributed by atoms with van der Waals surface area (Å²) in [6.07, 6.45) is 4.14. The van der Waals surface area contributed by atoms with E-state index in [1.165, 1.54) is 6.39 Å². The molecule has 0 radical (unpaired) electrons. The van der Waals surface area contributed by atoms with Crippen LogP contribution in [0.15, 0.2) is 35.3 Å². The number of nitrogens with zero attached hydrogens (tertiary/aromatic N) is 3. The van der Waals surface area contributed by atoms with Crippen molar-refractivity contribution in [3.63, 3.8) is 0 Å². The molecule has 2 rings (SSSR count). The van der Waals surface area contributed by atoms with Gasteiger partial charge in [0, 0.05) is 6.20 Å². The van der Waals surface area contributed by atoms with E-state index in [9.17, 15) is 5.11 Å². The Labute approximate surface area is 93.1 Å². The number of pyridine rings is 1. The molecule has 1 atom stereocenters. The third kappa shape index (κ3) is 1.81. The molecule has 16 heavy (non-hydrogen) atoms. The molecule has 0 amide bonds. The van der Waals surface area contributed by atoms with Crippen LogP contribution in [-0.4, -0.2) is 20.2 Å². The summed E-state index contributed by atoms with van der Waals surface area (Å²) in [6.45, 7) is 1.98. The van der Waals surface area contributed by atoms with Gasteiger partial charge >= 0.3 is 0 Å². The van der Waals surface area contributed by atoms with E-state index < -0.39 is 5.60 Å². The molecule has 0 aliphatic carbocycles. The van der Waals surface area contributed by atoms with E-state index in [-0.39, 0.29) is 5.82 Å². The first-order valence-corrected chi connectivity index (χ1v) is 5.18. The molecular formula is C11H13N3O2. The van der Waals surface area contributed by atoms with Crippen LogP contribution in [0.5, 0.6) is 0 Å². The summed E-state index contributed by atoms with van der Waals surface area (Å²) in [4.78, 5) is 8.07. The van der Waals surface area contributed by atoms with Crippen LogP contribution in [0.25, 0.3) is 0 Å². The van der Waals surface area contributed by atoms with Crippen molar-refractivity contribution < 1.29 is 9.63 Å². The van der Waals surface area contributed by atoms with Gasteiger partial charge in [0.1, 0.15) is 0 Å². The highest BCUT2D eigenvalue weighted by atomic mass is 16.5. The van der Waals surface area contributed by atoms with Crippen molar-refractivity contribution in [3.8, 4) is 0 Å².